The zero-order chi connectivity index (χ0) is 19.1. The molecule has 2 aliphatic heterocycles. The third kappa shape index (κ3) is 3.22. The fourth-order valence-electron chi connectivity index (χ4n) is 4.50. The van der Waals surface area contributed by atoms with E-state index in [1.54, 1.807) is 4.90 Å². The van der Waals surface area contributed by atoms with E-state index in [1.165, 1.54) is 0 Å². The molecule has 7 heteroatoms. The first kappa shape index (κ1) is 17.7. The smallest absolute Gasteiger partial charge is 0.306 e. The van der Waals surface area contributed by atoms with Crippen molar-refractivity contribution in [2.75, 3.05) is 0 Å². The van der Waals surface area contributed by atoms with E-state index in [1.807, 2.05) is 18.2 Å². The lowest BCUT2D eigenvalue weighted by Crippen LogP contribution is -2.52. The Bertz CT molecular complexity index is 826. The highest BCUT2D eigenvalue weighted by Gasteiger charge is 2.39. The molecule has 0 radical (unpaired) electrons. The third-order valence-electron chi connectivity index (χ3n) is 6.10. The van der Waals surface area contributed by atoms with Gasteiger partial charge in [-0.2, -0.15) is 0 Å². The van der Waals surface area contributed by atoms with E-state index < -0.39 is 17.9 Å². The summed E-state index contributed by atoms with van der Waals surface area (Å²) in [6, 6.07) is 5.27. The summed E-state index contributed by atoms with van der Waals surface area (Å²) in [6.45, 7) is 0.381. The number of hydrogen-bond donors (Lipinski definition) is 2. The molecular weight excluding hydrogens is 348 g/mol. The molecule has 0 spiro atoms. The second kappa shape index (κ2) is 6.79. The Balaban J connectivity index is 1.49. The van der Waals surface area contributed by atoms with Gasteiger partial charge in [-0.1, -0.05) is 12.1 Å². The minimum Gasteiger partial charge on any atom is -0.481 e. The molecule has 3 aliphatic rings. The lowest BCUT2D eigenvalue weighted by atomic mass is 9.78. The predicted octanol–water partition coefficient (Wildman–Crippen LogP) is 1.81. The number of aliphatic carboxylic acids is 1. The molecule has 2 heterocycles. The van der Waals surface area contributed by atoms with Crippen LogP contribution >= 0.6 is 0 Å². The van der Waals surface area contributed by atoms with Crippen molar-refractivity contribution >= 4 is 23.7 Å². The predicted molar refractivity (Wildman–Crippen MR) is 94.8 cm³/mol. The molecule has 27 heavy (non-hydrogen) atoms. The van der Waals surface area contributed by atoms with Crippen LogP contribution in [0.1, 0.15) is 65.9 Å². The lowest BCUT2D eigenvalue weighted by molar-refractivity contribution is -0.143. The van der Waals surface area contributed by atoms with Crippen molar-refractivity contribution in [1.82, 2.24) is 10.2 Å². The molecule has 0 bridgehead atoms. The first-order chi connectivity index (χ1) is 12.9. The van der Waals surface area contributed by atoms with Gasteiger partial charge in [0.1, 0.15) is 6.04 Å². The molecule has 4 rings (SSSR count). The van der Waals surface area contributed by atoms with Crippen LogP contribution in [0.3, 0.4) is 0 Å². The number of carbonyl (C=O) groups excluding carboxylic acids is 3. The van der Waals surface area contributed by atoms with Crippen LogP contribution in [0.5, 0.6) is 0 Å². The summed E-state index contributed by atoms with van der Waals surface area (Å²) in [5.74, 6) is -1.58. The quantitative estimate of drug-likeness (QED) is 0.790. The van der Waals surface area contributed by atoms with Gasteiger partial charge < -0.3 is 10.0 Å². The Labute approximate surface area is 156 Å². The number of amides is 3. The van der Waals surface area contributed by atoms with Crippen molar-refractivity contribution in [2.45, 2.75) is 57.0 Å². The van der Waals surface area contributed by atoms with Crippen molar-refractivity contribution in [3.63, 3.8) is 0 Å². The average Bonchev–Trinajstić information content (AvgIpc) is 2.98. The molecule has 3 amide bonds. The van der Waals surface area contributed by atoms with Crippen molar-refractivity contribution in [2.24, 2.45) is 5.92 Å². The summed E-state index contributed by atoms with van der Waals surface area (Å²) in [5.41, 5.74) is 2.58. The van der Waals surface area contributed by atoms with Crippen LogP contribution < -0.4 is 5.32 Å². The van der Waals surface area contributed by atoms with E-state index in [0.29, 0.717) is 31.4 Å². The van der Waals surface area contributed by atoms with Crippen LogP contribution in [0.2, 0.25) is 0 Å². The Morgan fingerprint density at radius 1 is 1.07 bits per heavy atom. The highest BCUT2D eigenvalue weighted by atomic mass is 16.4. The maximum absolute atomic E-state index is 12.9. The standard InChI is InChI=1S/C20H22N2O5/c23-17-8-7-16(18(24)21-17)22-10-14-6-5-13(9-15(14)19(22)25)11-1-3-12(4-2-11)20(26)27/h5-6,9,11-12,16H,1-4,7-8,10H2,(H,26,27)(H,21,23,24). The molecule has 1 aromatic carbocycles. The number of carboxylic acids is 1. The summed E-state index contributed by atoms with van der Waals surface area (Å²) in [7, 11) is 0. The molecule has 1 saturated heterocycles. The molecule has 2 fully saturated rings. The summed E-state index contributed by atoms with van der Waals surface area (Å²) in [5, 5.41) is 11.5. The number of carbonyl (C=O) groups is 4. The van der Waals surface area contributed by atoms with E-state index >= 15 is 0 Å². The van der Waals surface area contributed by atoms with Crippen LogP contribution in [-0.4, -0.2) is 39.7 Å². The number of rotatable bonds is 3. The SMILES string of the molecule is O=C1CCC(N2Cc3ccc(C4CCC(C(=O)O)CC4)cc3C2=O)C(=O)N1. The van der Waals surface area contributed by atoms with Crippen molar-refractivity contribution < 1.29 is 24.3 Å². The number of imide groups is 1. The molecule has 1 atom stereocenters. The van der Waals surface area contributed by atoms with Crippen LogP contribution in [0.4, 0.5) is 0 Å². The minimum absolute atomic E-state index is 0.166. The highest BCUT2D eigenvalue weighted by Crippen LogP contribution is 2.38. The number of nitrogens with one attached hydrogen (secondary N) is 1. The molecule has 1 unspecified atom stereocenters. The summed E-state index contributed by atoms with van der Waals surface area (Å²) in [6.07, 6.45) is 3.54. The lowest BCUT2D eigenvalue weighted by Gasteiger charge is -2.29. The molecule has 1 aromatic rings. The maximum Gasteiger partial charge on any atom is 0.306 e. The van der Waals surface area contributed by atoms with Crippen LogP contribution in [0, 0.1) is 5.92 Å². The fourth-order valence-corrected chi connectivity index (χ4v) is 4.50. The van der Waals surface area contributed by atoms with Crippen LogP contribution in [0.15, 0.2) is 18.2 Å². The number of carboxylic acid groups (broad SMARTS) is 1. The van der Waals surface area contributed by atoms with Gasteiger partial charge >= 0.3 is 5.97 Å². The van der Waals surface area contributed by atoms with Crippen LogP contribution in [-0.2, 0) is 20.9 Å². The van der Waals surface area contributed by atoms with Gasteiger partial charge in [0.15, 0.2) is 0 Å². The Morgan fingerprint density at radius 3 is 2.48 bits per heavy atom. The fraction of sp³-hybridized carbons (Fsp3) is 0.500. The first-order valence-electron chi connectivity index (χ1n) is 9.44. The van der Waals surface area contributed by atoms with E-state index in [4.69, 9.17) is 5.11 Å². The normalized spacial score (nSPS) is 28.1. The van der Waals surface area contributed by atoms with Crippen molar-refractivity contribution in [1.29, 1.82) is 0 Å². The summed E-state index contributed by atoms with van der Waals surface area (Å²) in [4.78, 5) is 49.0. The van der Waals surface area contributed by atoms with Gasteiger partial charge in [-0.15, -0.1) is 0 Å². The van der Waals surface area contributed by atoms with Gasteiger partial charge in [-0.25, -0.2) is 0 Å². The first-order valence-corrected chi connectivity index (χ1v) is 9.44. The van der Waals surface area contributed by atoms with Crippen LogP contribution in [0.25, 0.3) is 0 Å². The van der Waals surface area contributed by atoms with E-state index in [9.17, 15) is 19.2 Å². The van der Waals surface area contributed by atoms with Gasteiger partial charge in [0, 0.05) is 18.5 Å². The van der Waals surface area contributed by atoms with Gasteiger partial charge in [0.2, 0.25) is 11.8 Å². The van der Waals surface area contributed by atoms with Gasteiger partial charge in [0.25, 0.3) is 5.91 Å². The monoisotopic (exact) mass is 370 g/mol. The molecular formula is C20H22N2O5. The molecule has 142 valence electrons. The number of hydrogen-bond acceptors (Lipinski definition) is 4. The zero-order valence-corrected chi connectivity index (χ0v) is 14.9. The summed E-state index contributed by atoms with van der Waals surface area (Å²) < 4.78 is 0. The number of fused-ring (bicyclic) bond motifs is 1. The van der Waals surface area contributed by atoms with Crippen molar-refractivity contribution in [3.8, 4) is 0 Å². The second-order valence-corrected chi connectivity index (χ2v) is 7.70. The minimum atomic E-state index is -0.725. The molecule has 0 aromatic heterocycles. The van der Waals surface area contributed by atoms with Crippen molar-refractivity contribution in [3.05, 3.63) is 34.9 Å². The maximum atomic E-state index is 12.9. The second-order valence-electron chi connectivity index (χ2n) is 7.70. The van der Waals surface area contributed by atoms with E-state index in [2.05, 4.69) is 5.32 Å². The number of benzene rings is 1. The largest absolute Gasteiger partial charge is 0.481 e. The molecule has 7 nitrogen and oxygen atoms in total. The molecule has 1 saturated carbocycles. The zero-order valence-electron chi connectivity index (χ0n) is 14.9. The number of nitrogens with zero attached hydrogens (tertiary/aromatic N) is 1. The average molecular weight is 370 g/mol. The van der Waals surface area contributed by atoms with Gasteiger partial charge in [-0.05, 0) is 55.2 Å². The number of piperidine rings is 1. The Morgan fingerprint density at radius 2 is 1.81 bits per heavy atom. The molecule has 2 N–H and O–H groups in total. The Hall–Kier alpha value is -2.70. The van der Waals surface area contributed by atoms with Gasteiger partial charge in [0.05, 0.1) is 5.92 Å². The highest BCUT2D eigenvalue weighted by molar-refractivity contribution is 6.05. The third-order valence-corrected chi connectivity index (χ3v) is 6.10. The van der Waals surface area contributed by atoms with E-state index in [-0.39, 0.29) is 30.1 Å². The molecule has 1 aliphatic carbocycles. The topological polar surface area (TPSA) is 104 Å². The summed E-state index contributed by atoms with van der Waals surface area (Å²) >= 11 is 0. The van der Waals surface area contributed by atoms with E-state index in [0.717, 1.165) is 24.0 Å². The Kier molecular flexibility index (Phi) is 4.45. The van der Waals surface area contributed by atoms with Gasteiger partial charge in [-0.3, -0.25) is 24.5 Å².